The van der Waals surface area contributed by atoms with Gasteiger partial charge in [0.1, 0.15) is 0 Å². The van der Waals surface area contributed by atoms with Crippen LogP contribution in [0.25, 0.3) is 0 Å². The minimum Gasteiger partial charge on any atom is -0.465 e. The number of benzene rings is 1. The second kappa shape index (κ2) is 7.09. The number of sulfone groups is 1. The average Bonchev–Trinajstić information content (AvgIpc) is 2.45. The molecule has 0 fully saturated rings. The van der Waals surface area contributed by atoms with Crippen LogP contribution in [0, 0.1) is 11.3 Å². The van der Waals surface area contributed by atoms with E-state index in [2.05, 4.69) is 5.32 Å². The lowest BCUT2D eigenvalue weighted by Crippen LogP contribution is -2.39. The van der Waals surface area contributed by atoms with Gasteiger partial charge in [0.25, 0.3) is 0 Å². The van der Waals surface area contributed by atoms with E-state index in [0.717, 1.165) is 0 Å². The number of nitriles is 1. The number of rotatable bonds is 6. The number of carboxylic acid groups (broad SMARTS) is 1. The largest absolute Gasteiger partial charge is 0.465 e. The first-order chi connectivity index (χ1) is 9.80. The van der Waals surface area contributed by atoms with Crippen molar-refractivity contribution in [3.63, 3.8) is 0 Å². The molecule has 1 rings (SSSR count). The summed E-state index contributed by atoms with van der Waals surface area (Å²) in [6.07, 6.45) is -0.839. The summed E-state index contributed by atoms with van der Waals surface area (Å²) < 4.78 is 24.7. The van der Waals surface area contributed by atoms with E-state index in [0.29, 0.717) is 17.5 Å². The van der Waals surface area contributed by atoms with E-state index in [1.165, 1.54) is 0 Å². The van der Waals surface area contributed by atoms with Gasteiger partial charge >= 0.3 is 6.09 Å². The molecule has 6 nitrogen and oxygen atoms in total. The molecule has 0 aliphatic carbocycles. The van der Waals surface area contributed by atoms with Crippen LogP contribution in [-0.4, -0.2) is 31.4 Å². The highest BCUT2D eigenvalue weighted by Gasteiger charge is 2.26. The molecule has 0 aromatic heterocycles. The fraction of sp³-hybridized carbons (Fsp3) is 0.429. The molecule has 21 heavy (non-hydrogen) atoms. The maximum Gasteiger partial charge on any atom is 0.404 e. The van der Waals surface area contributed by atoms with Crippen LogP contribution in [-0.2, 0) is 9.84 Å². The summed E-state index contributed by atoms with van der Waals surface area (Å²) in [4.78, 5) is 10.6. The Kier molecular flexibility index (Phi) is 5.73. The van der Waals surface area contributed by atoms with Gasteiger partial charge in [0, 0.05) is 6.04 Å². The lowest BCUT2D eigenvalue weighted by atomic mass is 10.1. The van der Waals surface area contributed by atoms with Crippen LogP contribution >= 0.6 is 0 Å². The molecule has 7 heteroatoms. The van der Waals surface area contributed by atoms with Crippen molar-refractivity contribution in [2.45, 2.75) is 31.6 Å². The Bertz CT molecular complexity index is 632. The van der Waals surface area contributed by atoms with Gasteiger partial charge in [0.05, 0.1) is 22.6 Å². The molecule has 0 spiro atoms. The predicted octanol–water partition coefficient (Wildman–Crippen LogP) is 2.08. The van der Waals surface area contributed by atoms with Gasteiger partial charge in [0.15, 0.2) is 9.84 Å². The standard InChI is InChI=1S/C14H18N2O4S/c1-3-13(16-14(17)18)9-21(19,20)10(2)12-6-4-11(8-15)5-7-12/h4-7,10,13,16H,3,9H2,1-2H3,(H,17,18). The first kappa shape index (κ1) is 17.0. The zero-order chi connectivity index (χ0) is 16.0. The first-order valence-corrected chi connectivity index (χ1v) is 8.22. The van der Waals surface area contributed by atoms with Crippen LogP contribution in [0.3, 0.4) is 0 Å². The number of hydrogen-bond donors (Lipinski definition) is 2. The molecule has 0 heterocycles. The third-order valence-electron chi connectivity index (χ3n) is 3.30. The van der Waals surface area contributed by atoms with E-state index in [-0.39, 0.29) is 5.75 Å². The number of amides is 1. The normalized spacial score (nSPS) is 14.0. The van der Waals surface area contributed by atoms with Crippen molar-refractivity contribution in [3.05, 3.63) is 35.4 Å². The Labute approximate surface area is 124 Å². The highest BCUT2D eigenvalue weighted by Crippen LogP contribution is 2.23. The molecule has 0 saturated carbocycles. The van der Waals surface area contributed by atoms with Gasteiger partial charge in [-0.2, -0.15) is 5.26 Å². The Morgan fingerprint density at radius 1 is 1.38 bits per heavy atom. The minimum atomic E-state index is -3.50. The number of nitrogens with zero attached hydrogens (tertiary/aromatic N) is 1. The van der Waals surface area contributed by atoms with Crippen molar-refractivity contribution in [2.24, 2.45) is 0 Å². The van der Waals surface area contributed by atoms with Crippen molar-refractivity contribution >= 4 is 15.9 Å². The van der Waals surface area contributed by atoms with Crippen LogP contribution in [0.2, 0.25) is 0 Å². The number of nitrogens with one attached hydrogen (secondary N) is 1. The Morgan fingerprint density at radius 3 is 2.38 bits per heavy atom. The SMILES string of the molecule is CCC(CS(=O)(=O)C(C)c1ccc(C#N)cc1)NC(=O)O. The highest BCUT2D eigenvalue weighted by atomic mass is 32.2. The molecule has 114 valence electrons. The fourth-order valence-electron chi connectivity index (χ4n) is 1.90. The fourth-order valence-corrected chi connectivity index (χ4v) is 3.64. The summed E-state index contributed by atoms with van der Waals surface area (Å²) in [6, 6.07) is 7.67. The molecule has 1 amide bonds. The molecule has 2 N–H and O–H groups in total. The third-order valence-corrected chi connectivity index (χ3v) is 5.52. The minimum absolute atomic E-state index is 0.253. The van der Waals surface area contributed by atoms with Crippen molar-refractivity contribution in [1.82, 2.24) is 5.32 Å². The molecule has 2 unspecified atom stereocenters. The molecule has 0 aliphatic rings. The monoisotopic (exact) mass is 310 g/mol. The van der Waals surface area contributed by atoms with E-state index in [9.17, 15) is 13.2 Å². The molecule has 0 saturated heterocycles. The van der Waals surface area contributed by atoms with E-state index < -0.39 is 27.2 Å². The third kappa shape index (κ3) is 4.76. The number of hydrogen-bond acceptors (Lipinski definition) is 4. The summed E-state index contributed by atoms with van der Waals surface area (Å²) in [5.41, 5.74) is 1.04. The molecule has 0 radical (unpaired) electrons. The molecular weight excluding hydrogens is 292 g/mol. The summed E-state index contributed by atoms with van der Waals surface area (Å²) in [7, 11) is -3.50. The smallest absolute Gasteiger partial charge is 0.404 e. The van der Waals surface area contributed by atoms with Gasteiger partial charge in [0.2, 0.25) is 0 Å². The quantitative estimate of drug-likeness (QED) is 0.836. The van der Waals surface area contributed by atoms with Gasteiger partial charge in [-0.3, -0.25) is 0 Å². The molecule has 2 atom stereocenters. The van der Waals surface area contributed by atoms with E-state index in [1.807, 2.05) is 6.07 Å². The number of carbonyl (C=O) groups is 1. The maximum atomic E-state index is 12.3. The van der Waals surface area contributed by atoms with Gasteiger partial charge in [-0.05, 0) is 31.0 Å². The van der Waals surface area contributed by atoms with Crippen LogP contribution < -0.4 is 5.32 Å². The Balaban J connectivity index is 2.89. The topological polar surface area (TPSA) is 107 Å². The van der Waals surface area contributed by atoms with E-state index in [4.69, 9.17) is 10.4 Å². The average molecular weight is 310 g/mol. The van der Waals surface area contributed by atoms with Crippen molar-refractivity contribution < 1.29 is 18.3 Å². The molecule has 1 aromatic carbocycles. The van der Waals surface area contributed by atoms with Gasteiger partial charge in [-0.15, -0.1) is 0 Å². The van der Waals surface area contributed by atoms with Crippen LogP contribution in [0.1, 0.15) is 36.6 Å². The summed E-state index contributed by atoms with van der Waals surface area (Å²) in [5, 5.41) is 18.9. The van der Waals surface area contributed by atoms with E-state index in [1.54, 1.807) is 38.1 Å². The second-order valence-electron chi connectivity index (χ2n) is 4.76. The van der Waals surface area contributed by atoms with Crippen molar-refractivity contribution in [1.29, 1.82) is 5.26 Å². The lowest BCUT2D eigenvalue weighted by molar-refractivity contribution is 0.190. The van der Waals surface area contributed by atoms with Crippen LogP contribution in [0.15, 0.2) is 24.3 Å². The highest BCUT2D eigenvalue weighted by molar-refractivity contribution is 7.91. The van der Waals surface area contributed by atoms with Crippen molar-refractivity contribution in [3.8, 4) is 6.07 Å². The molecule has 0 bridgehead atoms. The summed E-state index contributed by atoms with van der Waals surface area (Å²) >= 11 is 0. The molecule has 1 aromatic rings. The van der Waals surface area contributed by atoms with E-state index >= 15 is 0 Å². The summed E-state index contributed by atoms with van der Waals surface area (Å²) in [6.45, 7) is 3.28. The zero-order valence-corrected chi connectivity index (χ0v) is 12.7. The van der Waals surface area contributed by atoms with Gasteiger partial charge in [-0.25, -0.2) is 13.2 Å². The lowest BCUT2D eigenvalue weighted by Gasteiger charge is -2.19. The predicted molar refractivity (Wildman–Crippen MR) is 78.6 cm³/mol. The van der Waals surface area contributed by atoms with Crippen LogP contribution in [0.5, 0.6) is 0 Å². The summed E-state index contributed by atoms with van der Waals surface area (Å²) in [5.74, 6) is -0.253. The Morgan fingerprint density at radius 2 is 1.95 bits per heavy atom. The van der Waals surface area contributed by atoms with Crippen molar-refractivity contribution in [2.75, 3.05) is 5.75 Å². The van der Waals surface area contributed by atoms with Crippen LogP contribution in [0.4, 0.5) is 4.79 Å². The molecule has 0 aliphatic heterocycles. The molecular formula is C14H18N2O4S. The maximum absolute atomic E-state index is 12.3. The first-order valence-electron chi connectivity index (χ1n) is 6.51. The Hall–Kier alpha value is -2.07. The zero-order valence-electron chi connectivity index (χ0n) is 11.9. The van der Waals surface area contributed by atoms with Gasteiger partial charge in [-0.1, -0.05) is 19.1 Å². The second-order valence-corrected chi connectivity index (χ2v) is 7.13. The van der Waals surface area contributed by atoms with Gasteiger partial charge < -0.3 is 10.4 Å².